The molecule has 140 valence electrons. The summed E-state index contributed by atoms with van der Waals surface area (Å²) in [6.45, 7) is 16.1. The molecule has 0 bridgehead atoms. The van der Waals surface area contributed by atoms with Crippen molar-refractivity contribution >= 4 is 14.2 Å². The van der Waals surface area contributed by atoms with Gasteiger partial charge < -0.3 is 9.53 Å². The molecule has 0 aromatic rings. The van der Waals surface area contributed by atoms with Gasteiger partial charge in [-0.05, 0) is 30.6 Å². The van der Waals surface area contributed by atoms with Gasteiger partial charge in [0.2, 0.25) is 0 Å². The molecule has 5 nitrogen and oxygen atoms in total. The maximum atomic E-state index is 12.8. The molecule has 1 rings (SSSR count). The van der Waals surface area contributed by atoms with Crippen LogP contribution in [-0.4, -0.2) is 50.3 Å². The topological polar surface area (TPSA) is 59.0 Å². The van der Waals surface area contributed by atoms with Crippen LogP contribution in [-0.2, 0) is 14.1 Å². The fourth-order valence-corrected chi connectivity index (χ4v) is 7.11. The molecule has 0 unspecified atom stereocenters. The van der Waals surface area contributed by atoms with E-state index in [1.807, 2.05) is 13.8 Å². The highest BCUT2D eigenvalue weighted by Crippen LogP contribution is 2.68. The average Bonchev–Trinajstić information content (AvgIpc) is 3.05. The molecule has 0 aromatic carbocycles. The monoisotopic (exact) mass is 357 g/mol. The minimum Gasteiger partial charge on any atom is -0.407 e. The van der Waals surface area contributed by atoms with Gasteiger partial charge in [-0.3, -0.25) is 9.63 Å². The quantitative estimate of drug-likeness (QED) is 0.390. The van der Waals surface area contributed by atoms with Gasteiger partial charge in [0.25, 0.3) is 5.91 Å². The van der Waals surface area contributed by atoms with Crippen molar-refractivity contribution in [3.63, 3.8) is 0 Å². The summed E-state index contributed by atoms with van der Waals surface area (Å²) in [4.78, 5) is 17.9. The van der Waals surface area contributed by atoms with Crippen LogP contribution in [0.2, 0.25) is 18.1 Å². The molecule has 1 fully saturated rings. The summed E-state index contributed by atoms with van der Waals surface area (Å²) < 4.78 is 6.78. The predicted molar refractivity (Wildman–Crippen MR) is 98.9 cm³/mol. The number of hydrogen-bond donors (Lipinski definition) is 1. The van der Waals surface area contributed by atoms with Crippen LogP contribution < -0.4 is 0 Å². The second-order valence-corrected chi connectivity index (χ2v) is 12.3. The number of hydroxylamine groups is 2. The van der Waals surface area contributed by atoms with Gasteiger partial charge in [-0.2, -0.15) is 0 Å². The summed E-state index contributed by atoms with van der Waals surface area (Å²) in [7, 11) is 1.03. The van der Waals surface area contributed by atoms with Gasteiger partial charge in [-0.15, -0.1) is 0 Å². The smallest absolute Gasteiger partial charge is 0.252 e. The highest BCUT2D eigenvalue weighted by Gasteiger charge is 2.80. The first-order valence-electron chi connectivity index (χ1n) is 8.86. The number of amides is 1. The minimum atomic E-state index is -2.03. The van der Waals surface area contributed by atoms with Crippen molar-refractivity contribution in [2.75, 3.05) is 14.2 Å². The second kappa shape index (κ2) is 7.28. The lowest BCUT2D eigenvalue weighted by atomic mass is 9.98. The van der Waals surface area contributed by atoms with Crippen LogP contribution in [0.15, 0.2) is 12.2 Å². The molecular formula is C18H35NO4Si. The zero-order chi connectivity index (χ0) is 18.9. The Morgan fingerprint density at radius 3 is 2.08 bits per heavy atom. The maximum Gasteiger partial charge on any atom is 0.252 e. The number of carbonyl (C=O) groups excluding carboxylic acids is 1. The third kappa shape index (κ3) is 3.09. The Hall–Kier alpha value is -0.693. The Morgan fingerprint density at radius 2 is 1.75 bits per heavy atom. The van der Waals surface area contributed by atoms with Crippen molar-refractivity contribution in [2.24, 2.45) is 11.3 Å². The summed E-state index contributed by atoms with van der Waals surface area (Å²) in [5.41, 5.74) is -0.770. The molecule has 0 aromatic heterocycles. The van der Waals surface area contributed by atoms with E-state index in [1.54, 1.807) is 14.0 Å². The van der Waals surface area contributed by atoms with Gasteiger partial charge in [0.05, 0.1) is 13.0 Å². The predicted octanol–water partition coefficient (Wildman–Crippen LogP) is 3.36. The van der Waals surface area contributed by atoms with E-state index < -0.39 is 31.4 Å². The van der Waals surface area contributed by atoms with E-state index in [0.717, 1.165) is 18.1 Å². The van der Waals surface area contributed by atoms with E-state index >= 15 is 0 Å². The van der Waals surface area contributed by atoms with Gasteiger partial charge in [-0.25, -0.2) is 5.06 Å². The van der Waals surface area contributed by atoms with E-state index in [9.17, 15) is 9.90 Å². The molecule has 1 N–H and O–H groups in total. The fourth-order valence-electron chi connectivity index (χ4n) is 3.97. The van der Waals surface area contributed by atoms with E-state index in [-0.39, 0.29) is 5.91 Å². The van der Waals surface area contributed by atoms with Crippen LogP contribution in [0.1, 0.15) is 41.5 Å². The molecule has 1 saturated carbocycles. The Morgan fingerprint density at radius 1 is 1.29 bits per heavy atom. The molecule has 0 saturated heterocycles. The maximum absolute atomic E-state index is 12.8. The number of carbonyl (C=O) groups is 1. The highest BCUT2D eigenvalue weighted by molar-refractivity contribution is 6.73. The molecule has 6 heteroatoms. The van der Waals surface area contributed by atoms with Gasteiger partial charge >= 0.3 is 0 Å². The SMILES string of the molecule is C=C(C)[C@@H](O)[C@]1(O[Si](CC)(CC)CC)[C@H](C(=O)N(C)OC)C1(C)C. The van der Waals surface area contributed by atoms with Gasteiger partial charge in [0.1, 0.15) is 11.7 Å². The largest absolute Gasteiger partial charge is 0.407 e. The number of rotatable bonds is 9. The molecule has 1 aliphatic carbocycles. The van der Waals surface area contributed by atoms with Crippen molar-refractivity contribution in [1.82, 2.24) is 5.06 Å². The zero-order valence-corrected chi connectivity index (χ0v) is 17.6. The van der Waals surface area contributed by atoms with Crippen LogP contribution in [0, 0.1) is 11.3 Å². The molecule has 0 aliphatic heterocycles. The Kier molecular flexibility index (Phi) is 6.47. The van der Waals surface area contributed by atoms with Gasteiger partial charge in [0.15, 0.2) is 8.32 Å². The first-order chi connectivity index (χ1) is 11.0. The van der Waals surface area contributed by atoms with Crippen LogP contribution in [0.3, 0.4) is 0 Å². The van der Waals surface area contributed by atoms with E-state index in [1.165, 1.54) is 12.2 Å². The lowest BCUT2D eigenvalue weighted by Gasteiger charge is -2.38. The molecule has 3 atom stereocenters. The third-order valence-corrected chi connectivity index (χ3v) is 10.7. The van der Waals surface area contributed by atoms with Crippen molar-refractivity contribution in [3.8, 4) is 0 Å². The van der Waals surface area contributed by atoms with Gasteiger partial charge in [0, 0.05) is 12.5 Å². The third-order valence-electron chi connectivity index (χ3n) is 6.10. The summed E-state index contributed by atoms with van der Waals surface area (Å²) >= 11 is 0. The van der Waals surface area contributed by atoms with Crippen LogP contribution in [0.25, 0.3) is 0 Å². The van der Waals surface area contributed by atoms with Gasteiger partial charge in [-0.1, -0.05) is 41.2 Å². The standard InChI is InChI=1S/C18H35NO4Si/c1-10-24(11-2,12-3)23-18(15(20)13(4)5)14(17(18,6)7)16(21)19(8)22-9/h14-15,20H,4,10-12H2,1-3,5-9H3/t14-,15-,18-/m1/s1. The number of aliphatic hydroxyl groups is 1. The van der Waals surface area contributed by atoms with E-state index in [4.69, 9.17) is 9.26 Å². The summed E-state index contributed by atoms with van der Waals surface area (Å²) in [5.74, 6) is -0.604. The first-order valence-corrected chi connectivity index (χ1v) is 11.4. The number of nitrogens with zero attached hydrogens (tertiary/aromatic N) is 1. The lowest BCUT2D eigenvalue weighted by Crippen LogP contribution is -2.50. The molecule has 0 heterocycles. The van der Waals surface area contributed by atoms with Crippen molar-refractivity contribution in [2.45, 2.75) is 71.4 Å². The number of hydrogen-bond acceptors (Lipinski definition) is 4. The Balaban J connectivity index is 3.38. The summed E-state index contributed by atoms with van der Waals surface area (Å²) in [5, 5.41) is 12.2. The second-order valence-electron chi connectivity index (χ2n) is 7.56. The fraction of sp³-hybridized carbons (Fsp3) is 0.833. The molecule has 0 radical (unpaired) electrons. The lowest BCUT2D eigenvalue weighted by molar-refractivity contribution is -0.172. The van der Waals surface area contributed by atoms with Crippen LogP contribution >= 0.6 is 0 Å². The van der Waals surface area contributed by atoms with Crippen LogP contribution in [0.5, 0.6) is 0 Å². The van der Waals surface area contributed by atoms with Crippen molar-refractivity contribution in [1.29, 1.82) is 0 Å². The minimum absolute atomic E-state index is 0.158. The van der Waals surface area contributed by atoms with Crippen LogP contribution in [0.4, 0.5) is 0 Å². The highest BCUT2D eigenvalue weighted by atomic mass is 28.4. The summed E-state index contributed by atoms with van der Waals surface area (Å²) in [6, 6.07) is 2.88. The summed E-state index contributed by atoms with van der Waals surface area (Å²) in [6.07, 6.45) is -0.872. The van der Waals surface area contributed by atoms with E-state index in [2.05, 4.69) is 27.4 Å². The molecular weight excluding hydrogens is 322 g/mol. The average molecular weight is 358 g/mol. The Labute approximate surface area is 148 Å². The van der Waals surface area contributed by atoms with Crippen molar-refractivity contribution < 1.29 is 19.2 Å². The molecule has 1 aliphatic rings. The zero-order valence-electron chi connectivity index (χ0n) is 16.6. The molecule has 24 heavy (non-hydrogen) atoms. The first kappa shape index (κ1) is 21.3. The molecule has 0 spiro atoms. The molecule has 1 amide bonds. The van der Waals surface area contributed by atoms with Crippen molar-refractivity contribution in [3.05, 3.63) is 12.2 Å². The number of aliphatic hydroxyl groups excluding tert-OH is 1. The van der Waals surface area contributed by atoms with E-state index in [0.29, 0.717) is 5.57 Å². The Bertz CT molecular complexity index is 481. The normalized spacial score (nSPS) is 26.8.